The molecular formula is C78H78N42O12. The van der Waals surface area contributed by atoms with Crippen LogP contribution >= 0.6 is 0 Å². The Morgan fingerprint density at radius 3 is 1.07 bits per heavy atom. The van der Waals surface area contributed by atoms with Gasteiger partial charge in [0.05, 0.1) is 194 Å². The van der Waals surface area contributed by atoms with Crippen molar-refractivity contribution < 1.29 is 57.2 Å². The molecular weight excluding hydrogens is 1720 g/mol. The molecule has 18 aromatic heterocycles. The molecule has 6 fully saturated rings. The van der Waals surface area contributed by atoms with Crippen molar-refractivity contribution >= 4 is 101 Å². The molecule has 0 saturated carbocycles. The van der Waals surface area contributed by atoms with Crippen molar-refractivity contribution in [3.8, 4) is 0 Å². The van der Waals surface area contributed by atoms with Crippen molar-refractivity contribution in [3.63, 3.8) is 0 Å². The van der Waals surface area contributed by atoms with Gasteiger partial charge >= 0.3 is 0 Å². The van der Waals surface area contributed by atoms with Crippen LogP contribution in [-0.2, 0) is 107 Å². The van der Waals surface area contributed by atoms with Gasteiger partial charge in [0.15, 0.2) is 22.6 Å². The topological polar surface area (TPSA) is 683 Å². The van der Waals surface area contributed by atoms with Crippen molar-refractivity contribution in [3.05, 3.63) is 216 Å². The Balaban J connectivity index is 0.000000102. The summed E-state index contributed by atoms with van der Waals surface area (Å²) in [7, 11) is 0. The predicted molar refractivity (Wildman–Crippen MR) is 449 cm³/mol. The fourth-order valence-corrected chi connectivity index (χ4v) is 13.1. The third-order valence-corrected chi connectivity index (χ3v) is 20.3. The second-order valence-electron chi connectivity index (χ2n) is 30.3. The molecule has 54 heteroatoms. The molecule has 6 amide bonds. The van der Waals surface area contributed by atoms with Crippen molar-refractivity contribution in [1.82, 2.24) is 212 Å². The number of carbonyl (C=O) groups excluding carboxylic acids is 6. The maximum Gasteiger partial charge on any atom is 0.272 e. The fourth-order valence-electron chi connectivity index (χ4n) is 13.1. The van der Waals surface area contributed by atoms with Gasteiger partial charge in [-0.25, -0.2) is 58.0 Å². The lowest BCUT2D eigenvalue weighted by Crippen LogP contribution is -2.23. The highest BCUT2D eigenvalue weighted by molar-refractivity contribution is 6.08. The molecule has 0 aromatic carbocycles. The SMILES string of the molecule is O=C(NCc1cn(CC2CO2)nn1)c1[nH]nc2ncccc12.O=C(NCc1cn(CC2CO2)nn1)c1[nH]nc2ncncc12.O=C(NCc1cn(CC2CO2)nn1)c1[nH]nc2ncncc12.O=C(NCc1cn(CC2CO2)nn1)c1c[nH]c2ccncc12.O=C(NCc1cn(CC2CO2)nn1)c1c[nH]c2ncccc12.O=C(NCc1cn(CC2CO2)nn1)c1n[nH]c2ccncc12. The molecule has 0 radical (unpaired) electrons. The Hall–Kier alpha value is -16.9. The molecule has 6 unspecified atom stereocenters. The highest BCUT2D eigenvalue weighted by Gasteiger charge is 2.30. The first-order chi connectivity index (χ1) is 64.8. The van der Waals surface area contributed by atoms with Gasteiger partial charge in [-0.15, -0.1) is 30.6 Å². The van der Waals surface area contributed by atoms with E-state index in [0.717, 1.165) is 61.4 Å². The zero-order valence-electron chi connectivity index (χ0n) is 69.4. The average molecular weight is 1800 g/mol. The van der Waals surface area contributed by atoms with E-state index in [4.69, 9.17) is 28.4 Å². The van der Waals surface area contributed by atoms with E-state index in [9.17, 15) is 28.8 Å². The van der Waals surface area contributed by atoms with Gasteiger partial charge in [-0.2, -0.15) is 20.4 Å². The van der Waals surface area contributed by atoms with E-state index in [2.05, 4.69) is 184 Å². The average Bonchev–Trinajstić information content (AvgIpc) is 1.68. The molecule has 132 heavy (non-hydrogen) atoms. The molecule has 6 saturated heterocycles. The van der Waals surface area contributed by atoms with Crippen LogP contribution in [0.2, 0.25) is 0 Å². The van der Waals surface area contributed by atoms with Crippen LogP contribution in [0.15, 0.2) is 148 Å². The van der Waals surface area contributed by atoms with Crippen molar-refractivity contribution in [2.75, 3.05) is 39.6 Å². The molecule has 6 aliphatic rings. The van der Waals surface area contributed by atoms with Crippen molar-refractivity contribution in [1.29, 1.82) is 0 Å². The number of nitrogens with zero attached hydrogens (tertiary/aromatic N) is 30. The van der Waals surface area contributed by atoms with E-state index in [0.29, 0.717) is 178 Å². The maximum absolute atomic E-state index is 12.3. The van der Waals surface area contributed by atoms with Crippen LogP contribution < -0.4 is 31.9 Å². The van der Waals surface area contributed by atoms with Crippen LogP contribution in [0, 0.1) is 0 Å². The van der Waals surface area contributed by atoms with Gasteiger partial charge in [-0.05, 0) is 36.4 Å². The Kier molecular flexibility index (Phi) is 25.1. The number of aromatic nitrogens is 36. The minimum absolute atomic E-state index is 0.167. The van der Waals surface area contributed by atoms with Gasteiger partial charge in [-0.1, -0.05) is 31.3 Å². The number of amides is 6. The van der Waals surface area contributed by atoms with E-state index >= 15 is 0 Å². The van der Waals surface area contributed by atoms with E-state index in [1.165, 1.54) is 12.7 Å². The number of H-pyrrole nitrogens is 6. The van der Waals surface area contributed by atoms with E-state index in [1.807, 2.05) is 24.5 Å². The molecule has 6 aliphatic heterocycles. The van der Waals surface area contributed by atoms with Crippen LogP contribution in [0.5, 0.6) is 0 Å². The summed E-state index contributed by atoms with van der Waals surface area (Å²) in [5.41, 5.74) is 10.4. The van der Waals surface area contributed by atoms with Crippen LogP contribution in [0.1, 0.15) is 96.8 Å². The smallest absolute Gasteiger partial charge is 0.272 e. The summed E-state index contributed by atoms with van der Waals surface area (Å²) in [6, 6.07) is 10.8. The molecule has 0 spiro atoms. The van der Waals surface area contributed by atoms with Crippen molar-refractivity contribution in [2.24, 2.45) is 0 Å². The fraction of sp³-hybridized carbons (Fsp3) is 0.308. The number of epoxide rings is 6. The Bertz CT molecular complexity index is 6000. The highest BCUT2D eigenvalue weighted by atomic mass is 16.6. The summed E-state index contributed by atoms with van der Waals surface area (Å²) in [5.74, 6) is -1.46. The molecule has 0 aliphatic carbocycles. The number of ether oxygens (including phenoxy) is 6. The van der Waals surface area contributed by atoms with Gasteiger partial charge in [0, 0.05) is 78.3 Å². The third-order valence-electron chi connectivity index (χ3n) is 20.3. The number of nitrogens with one attached hydrogen (secondary N) is 12. The summed E-state index contributed by atoms with van der Waals surface area (Å²) in [5, 5.41) is 95.8. The number of pyridine rings is 4. The van der Waals surface area contributed by atoms with Crippen LogP contribution in [0.4, 0.5) is 0 Å². The van der Waals surface area contributed by atoms with Gasteiger partial charge in [0.2, 0.25) is 0 Å². The molecule has 18 aromatic rings. The first-order valence-electron chi connectivity index (χ1n) is 41.2. The summed E-state index contributed by atoms with van der Waals surface area (Å²) in [6.07, 6.45) is 31.4. The second-order valence-corrected chi connectivity index (χ2v) is 30.3. The number of carbonyl (C=O) groups is 6. The monoisotopic (exact) mass is 1790 g/mol. The summed E-state index contributed by atoms with van der Waals surface area (Å²) >= 11 is 0. The lowest BCUT2D eigenvalue weighted by molar-refractivity contribution is 0.0939. The Morgan fingerprint density at radius 1 is 0.326 bits per heavy atom. The van der Waals surface area contributed by atoms with Crippen molar-refractivity contribution in [2.45, 2.75) is 115 Å². The van der Waals surface area contributed by atoms with Gasteiger partial charge in [-0.3, -0.25) is 59.1 Å². The summed E-state index contributed by atoms with van der Waals surface area (Å²) in [4.78, 5) is 111. The number of aromatic amines is 6. The van der Waals surface area contributed by atoms with Gasteiger partial charge in [0.1, 0.15) is 106 Å². The minimum atomic E-state index is -0.294. The molecule has 672 valence electrons. The molecule has 6 atom stereocenters. The first-order valence-corrected chi connectivity index (χ1v) is 41.2. The standard InChI is InChI=1S/2C14H14N6O2.2C13H13N7O2.2C12H12N8O2/c21-14(12-5-16-13-1-2-15-4-11(12)13)17-3-9-6-20(19-18-9)7-10-8-22-10;21-14(12-5-16-13-11(12)2-1-3-15-13)17-4-9-6-20(19-18-9)7-10-8-22-10;21-13(12-10-4-14-2-1-11(10)17-18-12)15-3-8-5-20(19-16-8)6-9-7-22-9;21-13(11-10-2-1-3-14-12(10)18-17-11)15-4-8-5-20(19-16-8)6-9-7-22-9;2*21-12(10-9-2-13-6-15-11(9)18-17-10)14-1-7-3-20(19-16-7)4-8-5-22-8/h1-2,4-6,10,16H,3,7-8H2,(H,17,21);1-3,5-6,10H,4,7-8H2,(H,15,16)(H,17,21);1-2,4-5,9H,3,6-7H2,(H,15,21)(H,17,18);1-3,5,9H,4,6-7H2,(H,15,21)(H,14,17,18);2*2-3,6,8H,1,4-5H2,(H,14,21)(H,13,15,17,18). The zero-order chi connectivity index (χ0) is 89.6. The Morgan fingerprint density at radius 2 is 0.659 bits per heavy atom. The molecule has 12 N–H and O–H groups in total. The lowest BCUT2D eigenvalue weighted by atomic mass is 10.2. The third kappa shape index (κ3) is 22.2. The van der Waals surface area contributed by atoms with Crippen LogP contribution in [0.25, 0.3) is 65.9 Å². The molecule has 0 bridgehead atoms. The minimum Gasteiger partial charge on any atom is -0.371 e. The zero-order valence-corrected chi connectivity index (χ0v) is 69.4. The van der Waals surface area contributed by atoms with E-state index < -0.39 is 0 Å². The molecule has 24 heterocycles. The lowest BCUT2D eigenvalue weighted by Gasteiger charge is -2.01. The molecule has 54 nitrogen and oxygen atoms in total. The van der Waals surface area contributed by atoms with E-state index in [1.54, 1.807) is 139 Å². The Labute approximate surface area is 739 Å². The van der Waals surface area contributed by atoms with Gasteiger partial charge < -0.3 is 70.3 Å². The van der Waals surface area contributed by atoms with Crippen LogP contribution in [0.3, 0.4) is 0 Å². The number of hydrogen-bond acceptors (Lipinski definition) is 36. The van der Waals surface area contributed by atoms with Gasteiger partial charge in [0.25, 0.3) is 35.4 Å². The number of rotatable bonds is 30. The van der Waals surface area contributed by atoms with Crippen LogP contribution in [-0.4, -0.2) is 292 Å². The molecule has 24 rings (SSSR count). The maximum atomic E-state index is 12.3. The summed E-state index contributed by atoms with van der Waals surface area (Å²) < 4.78 is 41.1. The highest BCUT2D eigenvalue weighted by Crippen LogP contribution is 2.23. The quantitative estimate of drug-likeness (QED) is 0.0247. The summed E-state index contributed by atoms with van der Waals surface area (Å²) in [6.45, 7) is 10.6. The second kappa shape index (κ2) is 39.2. The van der Waals surface area contributed by atoms with E-state index in [-0.39, 0.29) is 85.2 Å². The predicted octanol–water partition coefficient (Wildman–Crippen LogP) is -0.731. The number of fused-ring (bicyclic) bond motifs is 6. The first kappa shape index (κ1) is 84.6. The normalized spacial score (nSPS) is 16.8. The largest absolute Gasteiger partial charge is 0.371 e. The number of hydrogen-bond donors (Lipinski definition) is 12.